The number of para-hydroxylation sites is 1. The third kappa shape index (κ3) is 2.96. The molecule has 0 aliphatic heterocycles. The van der Waals surface area contributed by atoms with Crippen molar-refractivity contribution in [3.8, 4) is 5.75 Å². The Kier molecular flexibility index (Phi) is 4.11. The molecule has 0 amide bonds. The SMILES string of the molecule is C/N=C/c1cc(C)ccc1Pc1ccccc1O. The largest absolute Gasteiger partial charge is 0.507 e. The van der Waals surface area contributed by atoms with Crippen LogP contribution in [0.2, 0.25) is 0 Å². The second-order valence-electron chi connectivity index (χ2n) is 4.12. The molecule has 0 fully saturated rings. The van der Waals surface area contributed by atoms with Gasteiger partial charge in [0, 0.05) is 24.1 Å². The molecule has 2 aromatic rings. The number of aromatic hydroxyl groups is 1. The van der Waals surface area contributed by atoms with Gasteiger partial charge in [0.15, 0.2) is 0 Å². The monoisotopic (exact) mass is 257 g/mol. The van der Waals surface area contributed by atoms with Crippen LogP contribution in [0.5, 0.6) is 5.75 Å². The molecule has 0 aliphatic rings. The third-order valence-electron chi connectivity index (χ3n) is 2.65. The van der Waals surface area contributed by atoms with Crippen LogP contribution >= 0.6 is 8.58 Å². The van der Waals surface area contributed by atoms with Gasteiger partial charge in [0.1, 0.15) is 5.75 Å². The van der Waals surface area contributed by atoms with E-state index in [4.69, 9.17) is 0 Å². The molecule has 0 radical (unpaired) electrons. The normalized spacial score (nSPS) is 11.7. The Hall–Kier alpha value is -1.66. The van der Waals surface area contributed by atoms with Crippen molar-refractivity contribution < 1.29 is 5.11 Å². The number of phenols is 1. The minimum Gasteiger partial charge on any atom is -0.507 e. The lowest BCUT2D eigenvalue weighted by Gasteiger charge is -2.08. The number of hydrogen-bond donors (Lipinski definition) is 1. The number of benzene rings is 2. The maximum absolute atomic E-state index is 9.82. The smallest absolute Gasteiger partial charge is 0.123 e. The molecule has 0 bridgehead atoms. The van der Waals surface area contributed by atoms with E-state index in [-0.39, 0.29) is 0 Å². The van der Waals surface area contributed by atoms with Gasteiger partial charge >= 0.3 is 0 Å². The van der Waals surface area contributed by atoms with E-state index in [1.807, 2.05) is 24.4 Å². The predicted octanol–water partition coefficient (Wildman–Crippen LogP) is 2.38. The van der Waals surface area contributed by atoms with Gasteiger partial charge in [0.2, 0.25) is 0 Å². The molecule has 3 heteroatoms. The molecule has 1 atom stereocenters. The number of hydrogen-bond acceptors (Lipinski definition) is 2. The molecule has 0 aliphatic carbocycles. The van der Waals surface area contributed by atoms with Crippen molar-refractivity contribution in [3.63, 3.8) is 0 Å². The highest BCUT2D eigenvalue weighted by Gasteiger charge is 2.05. The average Bonchev–Trinajstić information content (AvgIpc) is 2.35. The molecule has 18 heavy (non-hydrogen) atoms. The maximum atomic E-state index is 9.82. The van der Waals surface area contributed by atoms with Crippen LogP contribution in [0.1, 0.15) is 11.1 Å². The van der Waals surface area contributed by atoms with E-state index in [0.717, 1.165) is 10.9 Å². The fourth-order valence-corrected chi connectivity index (χ4v) is 2.90. The first-order valence-electron chi connectivity index (χ1n) is 5.78. The lowest BCUT2D eigenvalue weighted by molar-refractivity contribution is 0.480. The molecule has 0 heterocycles. The Bertz CT molecular complexity index is 578. The topological polar surface area (TPSA) is 32.6 Å². The lowest BCUT2D eigenvalue weighted by Crippen LogP contribution is -2.09. The minimum atomic E-state index is 0.357. The number of rotatable bonds is 3. The first kappa shape index (κ1) is 12.8. The summed E-state index contributed by atoms with van der Waals surface area (Å²) < 4.78 is 0. The fourth-order valence-electron chi connectivity index (χ4n) is 1.77. The molecule has 0 aromatic heterocycles. The molecule has 1 unspecified atom stereocenters. The van der Waals surface area contributed by atoms with Gasteiger partial charge in [0.25, 0.3) is 0 Å². The third-order valence-corrected chi connectivity index (χ3v) is 4.07. The van der Waals surface area contributed by atoms with E-state index in [9.17, 15) is 5.11 Å². The van der Waals surface area contributed by atoms with E-state index in [1.54, 1.807) is 13.1 Å². The summed E-state index contributed by atoms with van der Waals surface area (Å²) in [6.07, 6.45) is 1.87. The number of phenolic OH excluding ortho intramolecular Hbond substituents is 1. The highest BCUT2D eigenvalue weighted by molar-refractivity contribution is 7.56. The van der Waals surface area contributed by atoms with Crippen LogP contribution in [-0.2, 0) is 0 Å². The lowest BCUT2D eigenvalue weighted by atomic mass is 10.1. The Balaban J connectivity index is 2.37. The summed E-state index contributed by atoms with van der Waals surface area (Å²) in [5.74, 6) is 0.357. The summed E-state index contributed by atoms with van der Waals surface area (Å²) in [5.41, 5.74) is 2.34. The molecule has 2 nitrogen and oxygen atoms in total. The molecule has 2 aromatic carbocycles. The van der Waals surface area contributed by atoms with Gasteiger partial charge in [-0.05, 0) is 24.4 Å². The van der Waals surface area contributed by atoms with Crippen LogP contribution in [0.15, 0.2) is 47.5 Å². The number of nitrogens with zero attached hydrogens (tertiary/aromatic N) is 1. The predicted molar refractivity (Wildman–Crippen MR) is 80.4 cm³/mol. The molecule has 0 saturated carbocycles. The maximum Gasteiger partial charge on any atom is 0.123 e. The zero-order chi connectivity index (χ0) is 13.0. The van der Waals surface area contributed by atoms with Crippen LogP contribution in [0.25, 0.3) is 0 Å². The molecule has 2 rings (SSSR count). The van der Waals surface area contributed by atoms with Crippen LogP contribution in [0.3, 0.4) is 0 Å². The van der Waals surface area contributed by atoms with Gasteiger partial charge in [-0.3, -0.25) is 4.99 Å². The zero-order valence-electron chi connectivity index (χ0n) is 10.5. The van der Waals surface area contributed by atoms with Crippen molar-refractivity contribution in [3.05, 3.63) is 53.6 Å². The summed E-state index contributed by atoms with van der Waals surface area (Å²) in [7, 11) is 2.21. The highest BCUT2D eigenvalue weighted by atomic mass is 31.1. The van der Waals surface area contributed by atoms with Crippen molar-refractivity contribution in [2.45, 2.75) is 6.92 Å². The van der Waals surface area contributed by atoms with Crippen LogP contribution < -0.4 is 10.6 Å². The Morgan fingerprint density at radius 3 is 2.61 bits per heavy atom. The molecule has 1 N–H and O–H groups in total. The van der Waals surface area contributed by atoms with E-state index in [0.29, 0.717) is 14.3 Å². The van der Waals surface area contributed by atoms with Crippen LogP contribution in [0.4, 0.5) is 0 Å². The highest BCUT2D eigenvalue weighted by Crippen LogP contribution is 2.19. The van der Waals surface area contributed by atoms with Crippen molar-refractivity contribution >= 4 is 25.4 Å². The summed E-state index contributed by atoms with van der Waals surface area (Å²) in [4.78, 5) is 4.09. The average molecular weight is 257 g/mol. The molecule has 92 valence electrons. The summed E-state index contributed by atoms with van der Waals surface area (Å²) in [6.45, 7) is 2.07. The van der Waals surface area contributed by atoms with E-state index >= 15 is 0 Å². The number of aliphatic imine (C=N–C) groups is 1. The van der Waals surface area contributed by atoms with Crippen LogP contribution in [0, 0.1) is 6.92 Å². The van der Waals surface area contributed by atoms with Gasteiger partial charge in [-0.2, -0.15) is 0 Å². The Morgan fingerprint density at radius 1 is 1.11 bits per heavy atom. The van der Waals surface area contributed by atoms with Gasteiger partial charge in [-0.25, -0.2) is 0 Å². The minimum absolute atomic E-state index is 0.357. The summed E-state index contributed by atoms with van der Waals surface area (Å²) >= 11 is 0. The molecular weight excluding hydrogens is 241 g/mol. The quantitative estimate of drug-likeness (QED) is 0.664. The van der Waals surface area contributed by atoms with Crippen LogP contribution in [-0.4, -0.2) is 18.4 Å². The second-order valence-corrected chi connectivity index (χ2v) is 5.45. The standard InChI is InChI=1S/C15H16NOP/c1-11-7-8-14(12(9-11)10-16-2)18-15-6-4-3-5-13(15)17/h3-10,17-18H,1-2H3/b16-10+. The fraction of sp³-hybridized carbons (Fsp3) is 0.133. The molecule has 0 spiro atoms. The first-order valence-corrected chi connectivity index (χ1v) is 6.78. The Labute approximate surface area is 109 Å². The first-order chi connectivity index (χ1) is 8.70. The van der Waals surface area contributed by atoms with E-state index in [1.165, 1.54) is 10.9 Å². The van der Waals surface area contributed by atoms with Gasteiger partial charge < -0.3 is 5.11 Å². The van der Waals surface area contributed by atoms with Gasteiger partial charge in [0.05, 0.1) is 0 Å². The van der Waals surface area contributed by atoms with Crippen molar-refractivity contribution in [1.82, 2.24) is 0 Å². The molecular formula is C15H16NOP. The zero-order valence-corrected chi connectivity index (χ0v) is 11.5. The van der Waals surface area contributed by atoms with E-state index in [2.05, 4.69) is 30.1 Å². The second kappa shape index (κ2) is 5.79. The summed E-state index contributed by atoms with van der Waals surface area (Å²) in [6, 6.07) is 13.8. The van der Waals surface area contributed by atoms with Gasteiger partial charge in [-0.15, -0.1) is 0 Å². The van der Waals surface area contributed by atoms with Gasteiger partial charge in [-0.1, -0.05) is 44.5 Å². The summed E-state index contributed by atoms with van der Waals surface area (Å²) in [5, 5.41) is 12.0. The van der Waals surface area contributed by atoms with E-state index < -0.39 is 0 Å². The van der Waals surface area contributed by atoms with Crippen molar-refractivity contribution in [1.29, 1.82) is 0 Å². The Morgan fingerprint density at radius 2 is 1.89 bits per heavy atom. The van der Waals surface area contributed by atoms with Crippen molar-refractivity contribution in [2.75, 3.05) is 7.05 Å². The molecule has 0 saturated heterocycles. The number of aryl methyl sites for hydroxylation is 1. The van der Waals surface area contributed by atoms with Crippen molar-refractivity contribution in [2.24, 2.45) is 4.99 Å².